The van der Waals surface area contributed by atoms with Crippen LogP contribution in [0.1, 0.15) is 49.4 Å². The quantitative estimate of drug-likeness (QED) is 0.832. The van der Waals surface area contributed by atoms with E-state index in [0.29, 0.717) is 0 Å². The first kappa shape index (κ1) is 18.6. The smallest absolute Gasteiger partial charge is 0.237 e. The lowest BCUT2D eigenvalue weighted by atomic mass is 9.99. The minimum absolute atomic E-state index is 0.0932. The zero-order valence-electron chi connectivity index (χ0n) is 15.1. The minimum Gasteiger partial charge on any atom is -0.347 e. The fourth-order valence-electron chi connectivity index (χ4n) is 2.52. The lowest BCUT2D eigenvalue weighted by Gasteiger charge is -2.20. The largest absolute Gasteiger partial charge is 0.347 e. The molecule has 0 spiro atoms. The van der Waals surface area contributed by atoms with Crippen LogP contribution in [0, 0.1) is 19.8 Å². The molecule has 24 heavy (non-hydrogen) atoms. The average Bonchev–Trinajstić information content (AvgIpc) is 2.95. The van der Waals surface area contributed by atoms with Crippen LogP contribution in [0.3, 0.4) is 0 Å². The highest BCUT2D eigenvalue weighted by Crippen LogP contribution is 2.32. The van der Waals surface area contributed by atoms with Crippen molar-refractivity contribution in [3.63, 3.8) is 0 Å². The number of thiazole rings is 1. The summed E-state index contributed by atoms with van der Waals surface area (Å²) in [5.74, 6) is 0.0735. The second-order valence-corrected chi connectivity index (χ2v) is 7.51. The number of aryl methyl sites for hydroxylation is 2. The van der Waals surface area contributed by atoms with Gasteiger partial charge in [0.2, 0.25) is 5.91 Å². The molecule has 1 aromatic heterocycles. The molecule has 0 saturated carbocycles. The van der Waals surface area contributed by atoms with E-state index in [0.717, 1.165) is 27.6 Å². The summed E-state index contributed by atoms with van der Waals surface area (Å²) in [7, 11) is 0. The number of nitrogens with one attached hydrogen (secondary N) is 1. The number of carbonyl (C=O) groups excluding carboxylic acids is 1. The van der Waals surface area contributed by atoms with Crippen LogP contribution in [-0.4, -0.2) is 16.9 Å². The number of hydrogen-bond acceptors (Lipinski definition) is 4. The van der Waals surface area contributed by atoms with Gasteiger partial charge in [-0.1, -0.05) is 50.1 Å². The molecule has 3 N–H and O–H groups in total. The lowest BCUT2D eigenvalue weighted by Crippen LogP contribution is -2.45. The Morgan fingerprint density at radius 1 is 1.25 bits per heavy atom. The third-order valence-corrected chi connectivity index (χ3v) is 5.83. The second kappa shape index (κ2) is 7.90. The van der Waals surface area contributed by atoms with Crippen molar-refractivity contribution >= 4 is 17.2 Å². The Kier molecular flexibility index (Phi) is 6.13. The lowest BCUT2D eigenvalue weighted by molar-refractivity contribution is -0.124. The van der Waals surface area contributed by atoms with Crippen LogP contribution < -0.4 is 11.1 Å². The third-order valence-electron chi connectivity index (χ3n) is 4.44. The van der Waals surface area contributed by atoms with E-state index < -0.39 is 6.04 Å². The second-order valence-electron chi connectivity index (χ2n) is 6.48. The predicted octanol–water partition coefficient (Wildman–Crippen LogP) is 3.98. The minimum atomic E-state index is -0.470. The Bertz CT molecular complexity index is 693. The highest BCUT2D eigenvalue weighted by molar-refractivity contribution is 7.15. The summed E-state index contributed by atoms with van der Waals surface area (Å²) in [6.07, 6.45) is 0.889. The van der Waals surface area contributed by atoms with E-state index in [4.69, 9.17) is 5.73 Å². The van der Waals surface area contributed by atoms with Crippen LogP contribution in [-0.2, 0) is 4.79 Å². The highest BCUT2D eigenvalue weighted by atomic mass is 32.1. The Labute approximate surface area is 148 Å². The van der Waals surface area contributed by atoms with Gasteiger partial charge in [0.25, 0.3) is 0 Å². The van der Waals surface area contributed by atoms with Gasteiger partial charge in [-0.05, 0) is 26.7 Å². The number of aromatic nitrogens is 1. The zero-order valence-corrected chi connectivity index (χ0v) is 15.9. The van der Waals surface area contributed by atoms with Gasteiger partial charge >= 0.3 is 0 Å². The molecule has 0 bridgehead atoms. The molecule has 1 aromatic carbocycles. The Morgan fingerprint density at radius 3 is 2.46 bits per heavy atom. The molecule has 0 radical (unpaired) electrons. The standard InChI is InChI=1S/C19H27N3OS/c1-6-12(3)16(20)18(23)21-13(4)17-14(5)22-19(24-17)15-9-7-11(2)8-10-15/h7-10,12-13,16H,6,20H2,1-5H3,(H,21,23). The number of benzene rings is 1. The van der Waals surface area contributed by atoms with E-state index in [1.807, 2.05) is 27.7 Å². The van der Waals surface area contributed by atoms with Crippen molar-refractivity contribution in [2.24, 2.45) is 11.7 Å². The summed E-state index contributed by atoms with van der Waals surface area (Å²) in [5, 5.41) is 4.01. The third kappa shape index (κ3) is 4.22. The Hall–Kier alpha value is -1.72. The van der Waals surface area contributed by atoms with E-state index in [-0.39, 0.29) is 17.9 Å². The molecule has 1 amide bonds. The fourth-order valence-corrected chi connectivity index (χ4v) is 3.59. The summed E-state index contributed by atoms with van der Waals surface area (Å²) in [6.45, 7) is 10.1. The molecule has 5 heteroatoms. The molecule has 130 valence electrons. The first-order valence-corrected chi connectivity index (χ1v) is 9.25. The molecule has 1 heterocycles. The van der Waals surface area contributed by atoms with Gasteiger partial charge in [0, 0.05) is 5.56 Å². The fraction of sp³-hybridized carbons (Fsp3) is 0.474. The predicted molar refractivity (Wildman–Crippen MR) is 101 cm³/mol. The summed E-state index contributed by atoms with van der Waals surface area (Å²) in [4.78, 5) is 18.1. The van der Waals surface area contributed by atoms with Crippen molar-refractivity contribution in [2.45, 2.75) is 53.1 Å². The summed E-state index contributed by atoms with van der Waals surface area (Å²) in [6, 6.07) is 7.77. The van der Waals surface area contributed by atoms with Crippen LogP contribution in [0.25, 0.3) is 10.6 Å². The maximum Gasteiger partial charge on any atom is 0.237 e. The van der Waals surface area contributed by atoms with Gasteiger partial charge in [-0.15, -0.1) is 11.3 Å². The van der Waals surface area contributed by atoms with E-state index >= 15 is 0 Å². The average molecular weight is 346 g/mol. The van der Waals surface area contributed by atoms with Crippen molar-refractivity contribution in [1.29, 1.82) is 0 Å². The first-order valence-electron chi connectivity index (χ1n) is 8.43. The van der Waals surface area contributed by atoms with E-state index in [1.54, 1.807) is 11.3 Å². The van der Waals surface area contributed by atoms with Crippen molar-refractivity contribution in [3.8, 4) is 10.6 Å². The number of nitrogens with zero attached hydrogens (tertiary/aromatic N) is 1. The molecule has 0 fully saturated rings. The first-order chi connectivity index (χ1) is 11.3. The highest BCUT2D eigenvalue weighted by Gasteiger charge is 2.23. The van der Waals surface area contributed by atoms with Gasteiger partial charge < -0.3 is 11.1 Å². The SMILES string of the molecule is CCC(C)C(N)C(=O)NC(C)c1sc(-c2ccc(C)cc2)nc1C. The summed E-state index contributed by atoms with van der Waals surface area (Å²) >= 11 is 1.63. The van der Waals surface area contributed by atoms with Crippen LogP contribution in [0.4, 0.5) is 0 Å². The monoisotopic (exact) mass is 345 g/mol. The normalized spacial score (nSPS) is 14.9. The number of hydrogen-bond donors (Lipinski definition) is 2. The number of rotatable bonds is 6. The molecule has 3 atom stereocenters. The van der Waals surface area contributed by atoms with Gasteiger partial charge in [0.05, 0.1) is 22.7 Å². The number of nitrogens with two attached hydrogens (primary N) is 1. The van der Waals surface area contributed by atoms with Gasteiger partial charge in [-0.25, -0.2) is 4.98 Å². The van der Waals surface area contributed by atoms with E-state index in [2.05, 4.69) is 41.5 Å². The van der Waals surface area contributed by atoms with Crippen LogP contribution in [0.15, 0.2) is 24.3 Å². The molecule has 2 aromatic rings. The van der Waals surface area contributed by atoms with Crippen molar-refractivity contribution in [1.82, 2.24) is 10.3 Å². The van der Waals surface area contributed by atoms with Crippen LogP contribution >= 0.6 is 11.3 Å². The van der Waals surface area contributed by atoms with Gasteiger partial charge in [0.15, 0.2) is 0 Å². The molecule has 0 saturated heterocycles. The maximum absolute atomic E-state index is 12.3. The van der Waals surface area contributed by atoms with Crippen molar-refractivity contribution in [2.75, 3.05) is 0 Å². The molecular formula is C19H27N3OS. The molecular weight excluding hydrogens is 318 g/mol. The molecule has 2 rings (SSSR count). The molecule has 3 unspecified atom stereocenters. The van der Waals surface area contributed by atoms with E-state index in [1.165, 1.54) is 5.56 Å². The van der Waals surface area contributed by atoms with Gasteiger partial charge in [0.1, 0.15) is 5.01 Å². The van der Waals surface area contributed by atoms with Crippen LogP contribution in [0.2, 0.25) is 0 Å². The van der Waals surface area contributed by atoms with Crippen LogP contribution in [0.5, 0.6) is 0 Å². The molecule has 0 aliphatic rings. The molecule has 0 aliphatic heterocycles. The number of amides is 1. The zero-order chi connectivity index (χ0) is 17.9. The maximum atomic E-state index is 12.3. The molecule has 4 nitrogen and oxygen atoms in total. The summed E-state index contributed by atoms with van der Waals surface area (Å²) < 4.78 is 0. The van der Waals surface area contributed by atoms with Gasteiger partial charge in [-0.2, -0.15) is 0 Å². The van der Waals surface area contributed by atoms with Gasteiger partial charge in [-0.3, -0.25) is 4.79 Å². The topological polar surface area (TPSA) is 68.0 Å². The van der Waals surface area contributed by atoms with E-state index in [9.17, 15) is 4.79 Å². The van der Waals surface area contributed by atoms with Crippen molar-refractivity contribution in [3.05, 3.63) is 40.4 Å². The Balaban J connectivity index is 2.14. The Morgan fingerprint density at radius 2 is 1.88 bits per heavy atom. The number of carbonyl (C=O) groups is 1. The molecule has 0 aliphatic carbocycles. The summed E-state index contributed by atoms with van der Waals surface area (Å²) in [5.41, 5.74) is 9.32. The van der Waals surface area contributed by atoms with Crippen molar-refractivity contribution < 1.29 is 4.79 Å².